The monoisotopic (exact) mass is 278 g/mol. The molecule has 0 atom stereocenters. The Labute approximate surface area is 119 Å². The lowest BCUT2D eigenvalue weighted by atomic mass is 9.88. The minimum atomic E-state index is -1.40. The van der Waals surface area contributed by atoms with E-state index in [0.717, 1.165) is 11.1 Å². The molecule has 1 aromatic carbocycles. The van der Waals surface area contributed by atoms with E-state index in [-0.39, 0.29) is 4.75 Å². The number of aliphatic hydroxyl groups excluding tert-OH is 1. The predicted octanol–water partition coefficient (Wildman–Crippen LogP) is 3.96. The first kappa shape index (κ1) is 14.6. The molecule has 0 unspecified atom stereocenters. The fraction of sp³-hybridized carbons (Fsp3) is 0.500. The number of fused-ring (bicyclic) bond motifs is 1. The van der Waals surface area contributed by atoms with E-state index in [4.69, 9.17) is 0 Å². The number of thioether (sulfide) groups is 1. The highest BCUT2D eigenvalue weighted by atomic mass is 32.2. The summed E-state index contributed by atoms with van der Waals surface area (Å²) in [5.74, 6) is 0. The maximum absolute atomic E-state index is 9.57. The molecule has 2 nitrogen and oxygen atoms in total. The van der Waals surface area contributed by atoms with Crippen LogP contribution in [-0.4, -0.2) is 15.0 Å². The van der Waals surface area contributed by atoms with Gasteiger partial charge in [0.05, 0.1) is 0 Å². The summed E-state index contributed by atoms with van der Waals surface area (Å²) in [6.07, 6.45) is -1.40. The SMILES string of the molecule is CC1=C(C)C(C)(C)Sc2cc(C)c(C(O)O)c(C)c21. The van der Waals surface area contributed by atoms with E-state index in [1.165, 1.54) is 21.6 Å². The predicted molar refractivity (Wildman–Crippen MR) is 81.3 cm³/mol. The molecule has 104 valence electrons. The van der Waals surface area contributed by atoms with Crippen molar-refractivity contribution in [1.29, 1.82) is 0 Å². The summed E-state index contributed by atoms with van der Waals surface area (Å²) in [5.41, 5.74) is 6.38. The Morgan fingerprint density at radius 2 is 1.68 bits per heavy atom. The van der Waals surface area contributed by atoms with Gasteiger partial charge in [-0.1, -0.05) is 5.57 Å². The van der Waals surface area contributed by atoms with Crippen molar-refractivity contribution in [2.24, 2.45) is 0 Å². The van der Waals surface area contributed by atoms with E-state index in [9.17, 15) is 10.2 Å². The molecular weight excluding hydrogens is 256 g/mol. The minimum absolute atomic E-state index is 0.0926. The number of rotatable bonds is 1. The second kappa shape index (κ2) is 4.65. The highest BCUT2D eigenvalue weighted by molar-refractivity contribution is 8.01. The van der Waals surface area contributed by atoms with Gasteiger partial charge in [0.2, 0.25) is 0 Å². The zero-order chi connectivity index (χ0) is 14.5. The zero-order valence-corrected chi connectivity index (χ0v) is 13.3. The van der Waals surface area contributed by atoms with Crippen molar-refractivity contribution in [3.63, 3.8) is 0 Å². The standard InChI is InChI=1S/C16H22O2S/c1-8-7-12-14(10(3)13(8)15(17)18)9(2)11(4)16(5,6)19-12/h7,15,17-18H,1-6H3. The summed E-state index contributed by atoms with van der Waals surface area (Å²) < 4.78 is 0.0926. The molecule has 2 rings (SSSR count). The van der Waals surface area contributed by atoms with Gasteiger partial charge in [0, 0.05) is 15.2 Å². The number of aliphatic hydroxyl groups is 2. The molecule has 0 radical (unpaired) electrons. The highest BCUT2D eigenvalue weighted by Gasteiger charge is 2.32. The first-order valence-electron chi connectivity index (χ1n) is 6.54. The topological polar surface area (TPSA) is 40.5 Å². The number of allylic oxidation sites excluding steroid dienone is 1. The van der Waals surface area contributed by atoms with Gasteiger partial charge in [0.1, 0.15) is 0 Å². The molecule has 2 N–H and O–H groups in total. The molecule has 3 heteroatoms. The van der Waals surface area contributed by atoms with Crippen molar-refractivity contribution in [2.75, 3.05) is 0 Å². The van der Waals surface area contributed by atoms with Crippen molar-refractivity contribution >= 4 is 17.3 Å². The molecule has 0 aliphatic carbocycles. The van der Waals surface area contributed by atoms with Crippen molar-refractivity contribution < 1.29 is 10.2 Å². The van der Waals surface area contributed by atoms with Crippen LogP contribution in [0.4, 0.5) is 0 Å². The Hall–Kier alpha value is -0.770. The van der Waals surface area contributed by atoms with Crippen molar-refractivity contribution in [3.8, 4) is 0 Å². The van der Waals surface area contributed by atoms with Crippen LogP contribution in [0.5, 0.6) is 0 Å². The third-order valence-electron chi connectivity index (χ3n) is 4.26. The third kappa shape index (κ3) is 2.24. The van der Waals surface area contributed by atoms with Gasteiger partial charge in [-0.2, -0.15) is 0 Å². The van der Waals surface area contributed by atoms with Crippen LogP contribution in [0.1, 0.15) is 56.2 Å². The van der Waals surface area contributed by atoms with E-state index >= 15 is 0 Å². The Balaban J connectivity index is 2.78. The first-order valence-corrected chi connectivity index (χ1v) is 7.36. The maximum atomic E-state index is 9.57. The highest BCUT2D eigenvalue weighted by Crippen LogP contribution is 2.50. The third-order valence-corrected chi connectivity index (χ3v) is 5.62. The van der Waals surface area contributed by atoms with Gasteiger partial charge in [0.25, 0.3) is 0 Å². The number of benzene rings is 1. The molecule has 0 spiro atoms. The molecular formula is C16H22O2S. The molecule has 0 saturated heterocycles. The van der Waals surface area contributed by atoms with Gasteiger partial charge in [-0.25, -0.2) is 0 Å². The zero-order valence-electron chi connectivity index (χ0n) is 12.5. The summed E-state index contributed by atoms with van der Waals surface area (Å²) in [5, 5.41) is 19.1. The van der Waals surface area contributed by atoms with Crippen LogP contribution < -0.4 is 0 Å². The fourth-order valence-corrected chi connectivity index (χ4v) is 4.40. The molecule has 19 heavy (non-hydrogen) atoms. The Bertz CT molecular complexity index is 569. The Kier molecular flexibility index (Phi) is 3.58. The number of aryl methyl sites for hydroxylation is 1. The van der Waals surface area contributed by atoms with Crippen molar-refractivity contribution in [2.45, 2.75) is 57.5 Å². The van der Waals surface area contributed by atoms with Crippen LogP contribution in [0.3, 0.4) is 0 Å². The van der Waals surface area contributed by atoms with Crippen LogP contribution >= 0.6 is 11.8 Å². The molecule has 0 fully saturated rings. The fourth-order valence-electron chi connectivity index (χ4n) is 2.90. The summed E-state index contributed by atoms with van der Waals surface area (Å²) in [6.45, 7) is 12.7. The van der Waals surface area contributed by atoms with Crippen LogP contribution in [0.15, 0.2) is 16.5 Å². The van der Waals surface area contributed by atoms with Gasteiger partial charge in [0.15, 0.2) is 6.29 Å². The van der Waals surface area contributed by atoms with Gasteiger partial charge in [-0.15, -0.1) is 11.8 Å². The molecule has 0 amide bonds. The van der Waals surface area contributed by atoms with Crippen molar-refractivity contribution in [1.82, 2.24) is 0 Å². The second-order valence-corrected chi connectivity index (χ2v) is 7.51. The molecule has 0 aromatic heterocycles. The first-order chi connectivity index (χ1) is 8.66. The van der Waals surface area contributed by atoms with E-state index < -0.39 is 6.29 Å². The maximum Gasteiger partial charge on any atom is 0.178 e. The summed E-state index contributed by atoms with van der Waals surface area (Å²) >= 11 is 1.85. The van der Waals surface area contributed by atoms with Gasteiger partial charge < -0.3 is 10.2 Å². The lowest BCUT2D eigenvalue weighted by Gasteiger charge is -2.35. The van der Waals surface area contributed by atoms with Crippen LogP contribution in [0, 0.1) is 13.8 Å². The summed E-state index contributed by atoms with van der Waals surface area (Å²) in [6, 6.07) is 2.08. The van der Waals surface area contributed by atoms with E-state index in [2.05, 4.69) is 33.8 Å². The van der Waals surface area contributed by atoms with E-state index in [0.29, 0.717) is 5.56 Å². The lowest BCUT2D eigenvalue weighted by molar-refractivity contribution is -0.0434. The van der Waals surface area contributed by atoms with Crippen LogP contribution in [0.25, 0.3) is 5.57 Å². The van der Waals surface area contributed by atoms with Crippen molar-refractivity contribution in [3.05, 3.63) is 33.9 Å². The summed E-state index contributed by atoms with van der Waals surface area (Å²) in [7, 11) is 0. The second-order valence-electron chi connectivity index (χ2n) is 5.84. The average molecular weight is 278 g/mol. The minimum Gasteiger partial charge on any atom is -0.364 e. The average Bonchev–Trinajstić information content (AvgIpc) is 2.24. The molecule has 1 aromatic rings. The summed E-state index contributed by atoms with van der Waals surface area (Å²) in [4.78, 5) is 1.24. The molecule has 1 aliphatic rings. The van der Waals surface area contributed by atoms with E-state index in [1.807, 2.05) is 25.6 Å². The molecule has 1 heterocycles. The van der Waals surface area contributed by atoms with Gasteiger partial charge in [-0.3, -0.25) is 0 Å². The normalized spacial score (nSPS) is 17.9. The van der Waals surface area contributed by atoms with Crippen LogP contribution in [-0.2, 0) is 0 Å². The number of hydrogen-bond acceptors (Lipinski definition) is 3. The Morgan fingerprint density at radius 1 is 1.11 bits per heavy atom. The quantitative estimate of drug-likeness (QED) is 0.764. The Morgan fingerprint density at radius 3 is 2.21 bits per heavy atom. The van der Waals surface area contributed by atoms with Crippen LogP contribution in [0.2, 0.25) is 0 Å². The molecule has 0 saturated carbocycles. The van der Waals surface area contributed by atoms with Gasteiger partial charge >= 0.3 is 0 Å². The largest absolute Gasteiger partial charge is 0.364 e. The van der Waals surface area contributed by atoms with Gasteiger partial charge in [-0.05, 0) is 69.9 Å². The van der Waals surface area contributed by atoms with E-state index in [1.54, 1.807) is 0 Å². The smallest absolute Gasteiger partial charge is 0.178 e. The molecule has 1 aliphatic heterocycles. The molecule has 0 bridgehead atoms. The lowest BCUT2D eigenvalue weighted by Crippen LogP contribution is -2.22. The number of hydrogen-bond donors (Lipinski definition) is 2.